The zero-order chi connectivity index (χ0) is 26.9. The van der Waals surface area contributed by atoms with Crippen LogP contribution in [-0.4, -0.2) is 66.8 Å². The van der Waals surface area contributed by atoms with Gasteiger partial charge in [0.25, 0.3) is 5.91 Å². The Morgan fingerprint density at radius 1 is 1.29 bits per heavy atom. The van der Waals surface area contributed by atoms with Crippen LogP contribution in [0.4, 0.5) is 13.2 Å². The van der Waals surface area contributed by atoms with Gasteiger partial charge in [-0.1, -0.05) is 17.3 Å². The lowest BCUT2D eigenvalue weighted by Gasteiger charge is -2.44. The van der Waals surface area contributed by atoms with E-state index < -0.39 is 23.9 Å². The molecule has 0 radical (unpaired) electrons. The summed E-state index contributed by atoms with van der Waals surface area (Å²) in [6, 6.07) is 4.71. The van der Waals surface area contributed by atoms with E-state index in [0.29, 0.717) is 25.3 Å². The van der Waals surface area contributed by atoms with Gasteiger partial charge in [0.05, 0.1) is 22.9 Å². The Bertz CT molecular complexity index is 1150. The Morgan fingerprint density at radius 3 is 2.87 bits per heavy atom. The minimum absolute atomic E-state index is 0.0621. The van der Waals surface area contributed by atoms with Crippen LogP contribution < -0.4 is 10.6 Å². The maximum Gasteiger partial charge on any atom is 0.416 e. The van der Waals surface area contributed by atoms with E-state index in [4.69, 9.17) is 9.57 Å². The van der Waals surface area contributed by atoms with Crippen LogP contribution in [0.3, 0.4) is 0 Å². The number of aromatic nitrogens is 1. The molecular formula is C26H31F3N4O4S. The van der Waals surface area contributed by atoms with Crippen molar-refractivity contribution < 1.29 is 32.6 Å². The second-order valence-corrected chi connectivity index (χ2v) is 11.1. The first-order chi connectivity index (χ1) is 18.3. The van der Waals surface area contributed by atoms with E-state index in [0.717, 1.165) is 30.0 Å². The SMILES string of the molecule is COCC1C(C2CNC[C@@H]2NC(=O)C2CC(c3cccc(C(F)(F)F)c3)=NO2)CCC(O)C1c1cncs1. The highest BCUT2D eigenvalue weighted by molar-refractivity contribution is 7.09. The van der Waals surface area contributed by atoms with Crippen LogP contribution in [0.15, 0.2) is 41.1 Å². The first-order valence-corrected chi connectivity index (χ1v) is 13.6. The molecule has 2 fully saturated rings. The van der Waals surface area contributed by atoms with E-state index in [1.165, 1.54) is 23.5 Å². The minimum Gasteiger partial charge on any atom is -0.392 e. The lowest BCUT2D eigenvalue weighted by atomic mass is 9.65. The number of nitrogens with zero attached hydrogens (tertiary/aromatic N) is 2. The zero-order valence-electron chi connectivity index (χ0n) is 20.9. The fraction of sp³-hybridized carbons (Fsp3) is 0.577. The number of amides is 1. The van der Waals surface area contributed by atoms with Crippen LogP contribution in [0.25, 0.3) is 0 Å². The van der Waals surface area contributed by atoms with E-state index in [1.54, 1.807) is 12.6 Å². The Labute approximate surface area is 222 Å². The number of ether oxygens (including phenoxy) is 1. The largest absolute Gasteiger partial charge is 0.416 e. The predicted octanol–water partition coefficient (Wildman–Crippen LogP) is 3.18. The summed E-state index contributed by atoms with van der Waals surface area (Å²) in [4.78, 5) is 23.8. The lowest BCUT2D eigenvalue weighted by Crippen LogP contribution is -2.50. The topological polar surface area (TPSA) is 105 Å². The maximum atomic E-state index is 13.2. The quantitative estimate of drug-likeness (QED) is 0.488. The van der Waals surface area contributed by atoms with Gasteiger partial charge in [0.1, 0.15) is 0 Å². The van der Waals surface area contributed by atoms with Crippen LogP contribution in [0.1, 0.15) is 41.2 Å². The Kier molecular flexibility index (Phi) is 8.03. The fourth-order valence-corrected chi connectivity index (χ4v) is 7.05. The number of aliphatic hydroxyl groups excluding tert-OH is 1. The van der Waals surface area contributed by atoms with E-state index >= 15 is 0 Å². The number of carbonyl (C=O) groups excluding carboxylic acids is 1. The first-order valence-electron chi connectivity index (χ1n) is 12.7. The van der Waals surface area contributed by atoms with Gasteiger partial charge in [-0.2, -0.15) is 13.2 Å². The molecule has 1 aromatic carbocycles. The molecule has 3 aliphatic rings. The molecule has 1 aliphatic carbocycles. The summed E-state index contributed by atoms with van der Waals surface area (Å²) in [5.74, 6) is -0.0428. The molecule has 2 aliphatic heterocycles. The summed E-state index contributed by atoms with van der Waals surface area (Å²) in [6.45, 7) is 1.80. The number of benzene rings is 1. The van der Waals surface area contributed by atoms with Crippen molar-refractivity contribution in [1.29, 1.82) is 0 Å². The molecule has 8 nitrogen and oxygen atoms in total. The van der Waals surface area contributed by atoms with Gasteiger partial charge in [-0.3, -0.25) is 9.78 Å². The van der Waals surface area contributed by atoms with Gasteiger partial charge in [-0.15, -0.1) is 11.3 Å². The fourth-order valence-electron chi connectivity index (χ4n) is 6.20. The van der Waals surface area contributed by atoms with Crippen LogP contribution in [0.2, 0.25) is 0 Å². The van der Waals surface area contributed by atoms with Crippen LogP contribution in [-0.2, 0) is 20.5 Å². The summed E-state index contributed by atoms with van der Waals surface area (Å²) in [6.07, 6.45) is -2.48. The van der Waals surface area contributed by atoms with Crippen molar-refractivity contribution in [3.05, 3.63) is 52.0 Å². The summed E-state index contributed by atoms with van der Waals surface area (Å²) in [5, 5.41) is 21.3. The highest BCUT2D eigenvalue weighted by atomic mass is 32.1. The van der Waals surface area contributed by atoms with Gasteiger partial charge in [0.15, 0.2) is 0 Å². The van der Waals surface area contributed by atoms with E-state index in [2.05, 4.69) is 20.8 Å². The number of rotatable bonds is 7. The standard InChI is InChI=1S/C26H31F3N4O4S/c1-36-12-18-16(5-6-21(34)24(18)23-11-31-13-38-23)17-9-30-10-20(17)32-25(35)22-8-19(33-37-22)14-3-2-4-15(7-14)26(27,28)29/h2-4,7,11,13,16-18,20-22,24,30,34H,5-6,8-10,12H2,1H3,(H,32,35)/t16?,17?,18?,20-,21?,22?,24?/m0/s1. The maximum absolute atomic E-state index is 13.2. The molecule has 12 heteroatoms. The smallest absolute Gasteiger partial charge is 0.392 e. The number of halogens is 3. The Balaban J connectivity index is 1.25. The average Bonchev–Trinajstić information content (AvgIpc) is 3.67. The number of thiazole rings is 1. The predicted molar refractivity (Wildman–Crippen MR) is 135 cm³/mol. The summed E-state index contributed by atoms with van der Waals surface area (Å²) >= 11 is 1.53. The Morgan fingerprint density at radius 2 is 2.13 bits per heavy atom. The zero-order valence-corrected chi connectivity index (χ0v) is 21.7. The van der Waals surface area contributed by atoms with E-state index in [1.807, 2.05) is 6.20 Å². The van der Waals surface area contributed by atoms with E-state index in [9.17, 15) is 23.1 Å². The Hall–Kier alpha value is -2.54. The van der Waals surface area contributed by atoms with Crippen molar-refractivity contribution in [2.24, 2.45) is 22.9 Å². The summed E-state index contributed by atoms with van der Waals surface area (Å²) in [7, 11) is 1.66. The van der Waals surface area contributed by atoms with Crippen molar-refractivity contribution in [3.8, 4) is 0 Å². The number of aliphatic hydroxyl groups is 1. The molecule has 2 aromatic rings. The van der Waals surface area contributed by atoms with Crippen LogP contribution >= 0.6 is 11.3 Å². The molecule has 6 unspecified atom stereocenters. The summed E-state index contributed by atoms with van der Waals surface area (Å²) < 4.78 is 44.9. The first kappa shape index (κ1) is 27.0. The molecule has 3 N–H and O–H groups in total. The minimum atomic E-state index is -4.47. The number of nitrogens with one attached hydrogen (secondary N) is 2. The summed E-state index contributed by atoms with van der Waals surface area (Å²) in [5.41, 5.74) is 1.59. The highest BCUT2D eigenvalue weighted by Crippen LogP contribution is 2.47. The highest BCUT2D eigenvalue weighted by Gasteiger charge is 2.47. The molecular weight excluding hydrogens is 521 g/mol. The van der Waals surface area contributed by atoms with Gasteiger partial charge in [0, 0.05) is 61.8 Å². The van der Waals surface area contributed by atoms with Gasteiger partial charge < -0.3 is 25.3 Å². The van der Waals surface area contributed by atoms with Gasteiger partial charge in [0.2, 0.25) is 6.10 Å². The molecule has 5 rings (SSSR count). The molecule has 206 valence electrons. The molecule has 0 spiro atoms. The number of methoxy groups -OCH3 is 1. The number of oxime groups is 1. The number of hydrogen-bond donors (Lipinski definition) is 3. The third-order valence-electron chi connectivity index (χ3n) is 7.98. The number of hydrogen-bond acceptors (Lipinski definition) is 8. The molecule has 0 bridgehead atoms. The van der Waals surface area contributed by atoms with Gasteiger partial charge in [-0.05, 0) is 42.7 Å². The van der Waals surface area contributed by atoms with Gasteiger partial charge in [-0.25, -0.2) is 0 Å². The second kappa shape index (κ2) is 11.3. The van der Waals surface area contributed by atoms with Crippen molar-refractivity contribution in [2.75, 3.05) is 26.8 Å². The normalized spacial score (nSPS) is 31.6. The van der Waals surface area contributed by atoms with Crippen molar-refractivity contribution in [3.63, 3.8) is 0 Å². The molecule has 1 saturated carbocycles. The molecule has 1 aromatic heterocycles. The number of carbonyl (C=O) groups is 1. The average molecular weight is 553 g/mol. The third kappa shape index (κ3) is 5.58. The van der Waals surface area contributed by atoms with Gasteiger partial charge >= 0.3 is 6.18 Å². The molecule has 38 heavy (non-hydrogen) atoms. The van der Waals surface area contributed by atoms with Crippen molar-refractivity contribution in [2.45, 2.75) is 49.6 Å². The van der Waals surface area contributed by atoms with Crippen molar-refractivity contribution >= 4 is 23.0 Å². The van der Waals surface area contributed by atoms with Crippen molar-refractivity contribution in [1.82, 2.24) is 15.6 Å². The number of alkyl halides is 3. The van der Waals surface area contributed by atoms with Crippen LogP contribution in [0.5, 0.6) is 0 Å². The molecule has 7 atom stereocenters. The monoisotopic (exact) mass is 552 g/mol. The van der Waals surface area contributed by atoms with Crippen LogP contribution in [0, 0.1) is 17.8 Å². The second-order valence-electron chi connectivity index (χ2n) is 10.2. The molecule has 1 amide bonds. The lowest BCUT2D eigenvalue weighted by molar-refractivity contribution is -0.137. The molecule has 1 saturated heterocycles. The molecule has 3 heterocycles. The third-order valence-corrected chi connectivity index (χ3v) is 8.86. The van der Waals surface area contributed by atoms with E-state index in [-0.39, 0.29) is 47.6 Å².